The van der Waals surface area contributed by atoms with Gasteiger partial charge in [0, 0.05) is 25.8 Å². The van der Waals surface area contributed by atoms with E-state index in [2.05, 4.69) is 29.1 Å². The average molecular weight is 295 g/mol. The van der Waals surface area contributed by atoms with Crippen molar-refractivity contribution in [3.8, 4) is 0 Å². The lowest BCUT2D eigenvalue weighted by atomic mass is 10.2. The molecule has 120 valence electrons. The van der Waals surface area contributed by atoms with Crippen molar-refractivity contribution in [2.24, 2.45) is 11.7 Å². The summed E-state index contributed by atoms with van der Waals surface area (Å²) in [7, 11) is 0. The molecule has 2 heterocycles. The molecule has 0 aliphatic carbocycles. The number of hydrogen-bond acceptors (Lipinski definition) is 5. The SMILES string of the molecule is CC(C)CN1CCOC(Cn2cc(CCCCN)nn2)C1. The zero-order valence-electron chi connectivity index (χ0n) is 13.4. The maximum atomic E-state index is 5.85. The number of aryl methyl sites for hydroxylation is 1. The molecule has 1 unspecified atom stereocenters. The first kappa shape index (κ1) is 16.4. The van der Waals surface area contributed by atoms with E-state index in [4.69, 9.17) is 10.5 Å². The van der Waals surface area contributed by atoms with Crippen molar-refractivity contribution >= 4 is 0 Å². The first-order valence-electron chi connectivity index (χ1n) is 8.10. The molecular formula is C15H29N5O. The van der Waals surface area contributed by atoms with Crippen LogP contribution in [0.5, 0.6) is 0 Å². The van der Waals surface area contributed by atoms with Crippen LogP contribution in [0.25, 0.3) is 0 Å². The number of unbranched alkanes of at least 4 members (excludes halogenated alkanes) is 1. The van der Waals surface area contributed by atoms with E-state index in [9.17, 15) is 0 Å². The van der Waals surface area contributed by atoms with Crippen molar-refractivity contribution in [1.29, 1.82) is 0 Å². The van der Waals surface area contributed by atoms with E-state index in [1.807, 2.05) is 10.9 Å². The summed E-state index contributed by atoms with van der Waals surface area (Å²) in [6, 6.07) is 0. The number of ether oxygens (including phenoxy) is 1. The average Bonchev–Trinajstić information content (AvgIpc) is 2.86. The molecule has 1 aliphatic heterocycles. The third-order valence-electron chi connectivity index (χ3n) is 3.71. The topological polar surface area (TPSA) is 69.2 Å². The minimum Gasteiger partial charge on any atom is -0.374 e. The molecule has 21 heavy (non-hydrogen) atoms. The van der Waals surface area contributed by atoms with Crippen molar-refractivity contribution in [3.05, 3.63) is 11.9 Å². The van der Waals surface area contributed by atoms with Crippen molar-refractivity contribution in [1.82, 2.24) is 19.9 Å². The number of morpholine rings is 1. The minimum absolute atomic E-state index is 0.219. The van der Waals surface area contributed by atoms with Gasteiger partial charge in [0.1, 0.15) is 0 Å². The van der Waals surface area contributed by atoms with Crippen LogP contribution in [-0.4, -0.2) is 58.8 Å². The summed E-state index contributed by atoms with van der Waals surface area (Å²) in [5.74, 6) is 0.698. The lowest BCUT2D eigenvalue weighted by Crippen LogP contribution is -2.45. The van der Waals surface area contributed by atoms with Gasteiger partial charge in [-0.2, -0.15) is 0 Å². The standard InChI is InChI=1S/C15H29N5O/c1-13(2)9-19-7-8-21-15(11-19)12-20-10-14(17-18-20)5-3-4-6-16/h10,13,15H,3-9,11-12,16H2,1-2H3. The second-order valence-electron chi connectivity index (χ2n) is 6.32. The highest BCUT2D eigenvalue weighted by Gasteiger charge is 2.21. The minimum atomic E-state index is 0.219. The summed E-state index contributed by atoms with van der Waals surface area (Å²) in [4.78, 5) is 2.48. The predicted octanol–water partition coefficient (Wildman–Crippen LogP) is 0.916. The Bertz CT molecular complexity index is 407. The Morgan fingerprint density at radius 1 is 1.43 bits per heavy atom. The number of hydrogen-bond donors (Lipinski definition) is 1. The van der Waals surface area contributed by atoms with Crippen LogP contribution in [-0.2, 0) is 17.7 Å². The summed E-state index contributed by atoms with van der Waals surface area (Å²) in [5, 5.41) is 8.44. The van der Waals surface area contributed by atoms with Crippen molar-refractivity contribution in [3.63, 3.8) is 0 Å². The third-order valence-corrected chi connectivity index (χ3v) is 3.71. The molecule has 1 atom stereocenters. The molecule has 0 aromatic carbocycles. The number of aromatic nitrogens is 3. The third kappa shape index (κ3) is 5.73. The van der Waals surface area contributed by atoms with E-state index >= 15 is 0 Å². The molecule has 1 fully saturated rings. The number of nitrogens with two attached hydrogens (primary N) is 1. The summed E-state index contributed by atoms with van der Waals surface area (Å²) in [6.07, 6.45) is 5.35. The highest BCUT2D eigenvalue weighted by Crippen LogP contribution is 2.10. The van der Waals surface area contributed by atoms with Gasteiger partial charge in [-0.1, -0.05) is 19.1 Å². The fraction of sp³-hybridized carbons (Fsp3) is 0.867. The highest BCUT2D eigenvalue weighted by atomic mass is 16.5. The summed E-state index contributed by atoms with van der Waals surface area (Å²) < 4.78 is 7.77. The molecule has 1 aliphatic rings. The zero-order chi connectivity index (χ0) is 15.1. The van der Waals surface area contributed by atoms with Gasteiger partial charge in [-0.25, -0.2) is 4.68 Å². The second kappa shape index (κ2) is 8.46. The van der Waals surface area contributed by atoms with Crippen molar-refractivity contribution in [2.75, 3.05) is 32.8 Å². The number of rotatable bonds is 8. The van der Waals surface area contributed by atoms with Gasteiger partial charge in [0.05, 0.1) is 24.9 Å². The Morgan fingerprint density at radius 2 is 2.29 bits per heavy atom. The van der Waals surface area contributed by atoms with Crippen LogP contribution in [0, 0.1) is 5.92 Å². The fourth-order valence-corrected chi connectivity index (χ4v) is 2.77. The summed E-state index contributed by atoms with van der Waals surface area (Å²) in [6.45, 7) is 10.0. The van der Waals surface area contributed by atoms with Crippen LogP contribution < -0.4 is 5.73 Å². The van der Waals surface area contributed by atoms with Crippen LogP contribution in [0.3, 0.4) is 0 Å². The van der Waals surface area contributed by atoms with Gasteiger partial charge in [-0.3, -0.25) is 4.90 Å². The summed E-state index contributed by atoms with van der Waals surface area (Å²) >= 11 is 0. The largest absolute Gasteiger partial charge is 0.374 e. The Morgan fingerprint density at radius 3 is 3.05 bits per heavy atom. The maximum absolute atomic E-state index is 5.85. The lowest BCUT2D eigenvalue weighted by Gasteiger charge is -2.33. The van der Waals surface area contributed by atoms with Crippen LogP contribution in [0.4, 0.5) is 0 Å². The predicted molar refractivity (Wildman–Crippen MR) is 83.0 cm³/mol. The quantitative estimate of drug-likeness (QED) is 0.722. The molecule has 0 saturated carbocycles. The second-order valence-corrected chi connectivity index (χ2v) is 6.32. The van der Waals surface area contributed by atoms with E-state index in [-0.39, 0.29) is 6.10 Å². The molecule has 0 spiro atoms. The highest BCUT2D eigenvalue weighted by molar-refractivity contribution is 4.92. The van der Waals surface area contributed by atoms with E-state index in [0.717, 1.165) is 64.3 Å². The van der Waals surface area contributed by atoms with E-state index in [1.165, 1.54) is 0 Å². The van der Waals surface area contributed by atoms with Crippen molar-refractivity contribution in [2.45, 2.75) is 45.8 Å². The van der Waals surface area contributed by atoms with Gasteiger partial charge in [-0.15, -0.1) is 5.10 Å². The van der Waals surface area contributed by atoms with Crippen LogP contribution in [0.15, 0.2) is 6.20 Å². The monoisotopic (exact) mass is 295 g/mol. The van der Waals surface area contributed by atoms with Crippen molar-refractivity contribution < 1.29 is 4.74 Å². The maximum Gasteiger partial charge on any atom is 0.0898 e. The molecule has 0 amide bonds. The van der Waals surface area contributed by atoms with E-state index < -0.39 is 0 Å². The van der Waals surface area contributed by atoms with Crippen LogP contribution in [0.2, 0.25) is 0 Å². The van der Waals surface area contributed by atoms with Gasteiger partial charge in [0.2, 0.25) is 0 Å². The first-order valence-corrected chi connectivity index (χ1v) is 8.10. The van der Waals surface area contributed by atoms with E-state index in [0.29, 0.717) is 5.92 Å². The van der Waals surface area contributed by atoms with Crippen LogP contribution >= 0.6 is 0 Å². The number of nitrogens with zero attached hydrogens (tertiary/aromatic N) is 4. The van der Waals surface area contributed by atoms with Gasteiger partial charge in [0.25, 0.3) is 0 Å². The smallest absolute Gasteiger partial charge is 0.0898 e. The molecular weight excluding hydrogens is 266 g/mol. The fourth-order valence-electron chi connectivity index (χ4n) is 2.77. The molecule has 1 aromatic heterocycles. The van der Waals surface area contributed by atoms with Crippen LogP contribution in [0.1, 0.15) is 32.4 Å². The summed E-state index contributed by atoms with van der Waals surface area (Å²) in [5.41, 5.74) is 6.56. The first-order chi connectivity index (χ1) is 10.2. The molecule has 2 N–H and O–H groups in total. The molecule has 2 rings (SSSR count). The zero-order valence-corrected chi connectivity index (χ0v) is 13.4. The molecule has 1 saturated heterocycles. The molecule has 6 heteroatoms. The van der Waals surface area contributed by atoms with Gasteiger partial charge < -0.3 is 10.5 Å². The van der Waals surface area contributed by atoms with Gasteiger partial charge in [0.15, 0.2) is 0 Å². The van der Waals surface area contributed by atoms with Gasteiger partial charge in [-0.05, 0) is 31.7 Å². The lowest BCUT2D eigenvalue weighted by molar-refractivity contribution is -0.0406. The Hall–Kier alpha value is -0.980. The Balaban J connectivity index is 1.78. The van der Waals surface area contributed by atoms with E-state index in [1.54, 1.807) is 0 Å². The normalized spacial score (nSPS) is 20.3. The Labute approximate surface area is 127 Å². The molecule has 6 nitrogen and oxygen atoms in total. The molecule has 1 aromatic rings. The Kier molecular flexibility index (Phi) is 6.60. The van der Waals surface area contributed by atoms with Gasteiger partial charge >= 0.3 is 0 Å². The molecule has 0 bridgehead atoms. The molecule has 0 radical (unpaired) electrons.